The summed E-state index contributed by atoms with van der Waals surface area (Å²) < 4.78 is 1.60. The van der Waals surface area contributed by atoms with E-state index in [9.17, 15) is 9.59 Å². The Kier molecular flexibility index (Phi) is 4.74. The van der Waals surface area contributed by atoms with Gasteiger partial charge in [-0.15, -0.1) is 11.3 Å². The smallest absolute Gasteiger partial charge is 0.267 e. The third-order valence-corrected chi connectivity index (χ3v) is 6.36. The highest BCUT2D eigenvalue weighted by molar-refractivity contribution is 7.13. The molecule has 0 bridgehead atoms. The molecule has 1 aliphatic heterocycles. The number of aromatic nitrogens is 2. The monoisotopic (exact) mass is 385 g/mol. The number of carbonyl (C=O) groups excluding carboxylic acids is 1. The van der Waals surface area contributed by atoms with Crippen LogP contribution in [-0.4, -0.2) is 33.7 Å². The quantitative estimate of drug-likeness (QED) is 0.689. The van der Waals surface area contributed by atoms with Gasteiger partial charge in [0.1, 0.15) is 0 Å². The lowest BCUT2D eigenvalue weighted by Gasteiger charge is -2.32. The minimum atomic E-state index is -0.0809. The third-order valence-electron chi connectivity index (χ3n) is 4.69. The summed E-state index contributed by atoms with van der Waals surface area (Å²) >= 11 is 3.14. The Morgan fingerprint density at radius 3 is 2.62 bits per heavy atom. The van der Waals surface area contributed by atoms with Crippen LogP contribution in [0.2, 0.25) is 0 Å². The van der Waals surface area contributed by atoms with Crippen LogP contribution in [0.1, 0.15) is 33.4 Å². The molecule has 26 heavy (non-hydrogen) atoms. The van der Waals surface area contributed by atoms with Crippen molar-refractivity contribution in [3.63, 3.8) is 0 Å². The number of nitrogens with zero attached hydrogens (tertiary/aromatic N) is 3. The summed E-state index contributed by atoms with van der Waals surface area (Å²) in [5, 5.41) is 8.61. The molecule has 0 atom stereocenters. The molecule has 5 nitrogen and oxygen atoms in total. The number of aryl methyl sites for hydroxylation is 1. The van der Waals surface area contributed by atoms with Crippen LogP contribution in [0.5, 0.6) is 0 Å². The van der Waals surface area contributed by atoms with Crippen molar-refractivity contribution in [1.29, 1.82) is 0 Å². The molecule has 134 valence electrons. The van der Waals surface area contributed by atoms with Crippen molar-refractivity contribution >= 4 is 28.6 Å². The summed E-state index contributed by atoms with van der Waals surface area (Å²) in [6, 6.07) is 9.28. The Morgan fingerprint density at radius 2 is 1.96 bits per heavy atom. The summed E-state index contributed by atoms with van der Waals surface area (Å²) in [6.07, 6.45) is 1.49. The van der Waals surface area contributed by atoms with E-state index in [4.69, 9.17) is 0 Å². The van der Waals surface area contributed by atoms with Crippen molar-refractivity contribution in [3.05, 3.63) is 61.2 Å². The van der Waals surface area contributed by atoms with Crippen molar-refractivity contribution in [2.24, 2.45) is 0 Å². The predicted molar refractivity (Wildman–Crippen MR) is 105 cm³/mol. The molecule has 0 spiro atoms. The number of thiophene rings is 2. The van der Waals surface area contributed by atoms with Gasteiger partial charge in [0, 0.05) is 35.0 Å². The molecule has 1 aliphatic rings. The van der Waals surface area contributed by atoms with Gasteiger partial charge in [0.25, 0.3) is 11.5 Å². The van der Waals surface area contributed by atoms with Crippen LogP contribution in [0.25, 0.3) is 11.3 Å². The minimum absolute atomic E-state index is 0.0372. The second kappa shape index (κ2) is 7.17. The van der Waals surface area contributed by atoms with Gasteiger partial charge in [0.05, 0.1) is 16.6 Å². The Hall–Kier alpha value is -2.25. The van der Waals surface area contributed by atoms with E-state index in [0.29, 0.717) is 13.1 Å². The fourth-order valence-electron chi connectivity index (χ4n) is 3.27. The second-order valence-electron chi connectivity index (χ2n) is 6.45. The van der Waals surface area contributed by atoms with E-state index in [1.165, 1.54) is 11.3 Å². The SMILES string of the molecule is Cc1ccc(C(=O)N2CCC(n3nc(-c4ccsc4)ccc3=O)CC2)s1. The van der Waals surface area contributed by atoms with Gasteiger partial charge in [-0.25, -0.2) is 4.68 Å². The number of rotatable bonds is 3. The van der Waals surface area contributed by atoms with Crippen LogP contribution in [0.15, 0.2) is 45.9 Å². The number of amides is 1. The zero-order chi connectivity index (χ0) is 18.1. The van der Waals surface area contributed by atoms with Crippen LogP contribution in [0, 0.1) is 6.92 Å². The highest BCUT2D eigenvalue weighted by Crippen LogP contribution is 2.25. The molecule has 0 aliphatic carbocycles. The molecular formula is C19H19N3O2S2. The first kappa shape index (κ1) is 17.2. The third kappa shape index (κ3) is 3.37. The van der Waals surface area contributed by atoms with E-state index >= 15 is 0 Å². The van der Waals surface area contributed by atoms with E-state index in [0.717, 1.165) is 33.9 Å². The van der Waals surface area contributed by atoms with E-state index in [-0.39, 0.29) is 17.5 Å². The van der Waals surface area contributed by atoms with Crippen LogP contribution in [-0.2, 0) is 0 Å². The zero-order valence-electron chi connectivity index (χ0n) is 14.4. The Labute approximate surface area is 159 Å². The molecule has 7 heteroatoms. The second-order valence-corrected chi connectivity index (χ2v) is 8.52. The summed E-state index contributed by atoms with van der Waals surface area (Å²) in [5.74, 6) is 0.0916. The molecule has 0 N–H and O–H groups in total. The standard InChI is InChI=1S/C19H19N3O2S2/c1-13-2-4-17(26-13)19(24)21-9-6-15(7-10-21)22-18(23)5-3-16(20-22)14-8-11-25-12-14/h2-5,8,11-12,15H,6-7,9-10H2,1H3. The molecule has 0 unspecified atom stereocenters. The number of carbonyl (C=O) groups is 1. The molecule has 0 radical (unpaired) electrons. The predicted octanol–water partition coefficient (Wildman–Crippen LogP) is 3.82. The molecule has 0 saturated carbocycles. The van der Waals surface area contributed by atoms with Gasteiger partial charge in [-0.3, -0.25) is 9.59 Å². The Morgan fingerprint density at radius 1 is 1.15 bits per heavy atom. The average molecular weight is 386 g/mol. The summed E-state index contributed by atoms with van der Waals surface area (Å²) in [4.78, 5) is 28.7. The maximum absolute atomic E-state index is 12.6. The van der Waals surface area contributed by atoms with Crippen LogP contribution in [0.3, 0.4) is 0 Å². The van der Waals surface area contributed by atoms with E-state index < -0.39 is 0 Å². The lowest BCUT2D eigenvalue weighted by atomic mass is 10.0. The van der Waals surface area contributed by atoms with Crippen LogP contribution in [0.4, 0.5) is 0 Å². The first-order chi connectivity index (χ1) is 12.6. The first-order valence-corrected chi connectivity index (χ1v) is 10.4. The lowest BCUT2D eigenvalue weighted by Crippen LogP contribution is -2.41. The lowest BCUT2D eigenvalue weighted by molar-refractivity contribution is 0.0693. The normalized spacial score (nSPS) is 15.3. The summed E-state index contributed by atoms with van der Waals surface area (Å²) in [7, 11) is 0. The van der Waals surface area contributed by atoms with Crippen LogP contribution < -0.4 is 5.56 Å². The van der Waals surface area contributed by atoms with E-state index in [1.54, 1.807) is 28.2 Å². The maximum atomic E-state index is 12.6. The van der Waals surface area contributed by atoms with Crippen LogP contribution >= 0.6 is 22.7 Å². The van der Waals surface area contributed by atoms with Crippen molar-refractivity contribution in [3.8, 4) is 11.3 Å². The Bertz CT molecular complexity index is 967. The molecule has 0 aromatic carbocycles. The van der Waals surface area contributed by atoms with E-state index in [2.05, 4.69) is 5.10 Å². The van der Waals surface area contributed by atoms with Gasteiger partial charge in [-0.2, -0.15) is 16.4 Å². The fraction of sp³-hybridized carbons (Fsp3) is 0.316. The number of likely N-dealkylation sites (tertiary alicyclic amines) is 1. The molecule has 1 saturated heterocycles. The zero-order valence-corrected chi connectivity index (χ0v) is 16.1. The topological polar surface area (TPSA) is 55.2 Å². The molecule has 3 aromatic heterocycles. The number of hydrogen-bond acceptors (Lipinski definition) is 5. The summed E-state index contributed by atoms with van der Waals surface area (Å²) in [5.41, 5.74) is 1.77. The molecule has 4 rings (SSSR count). The van der Waals surface area contributed by atoms with Crippen molar-refractivity contribution in [2.45, 2.75) is 25.8 Å². The molecule has 4 heterocycles. The van der Waals surface area contributed by atoms with Gasteiger partial charge < -0.3 is 4.90 Å². The Balaban J connectivity index is 1.49. The summed E-state index contributed by atoms with van der Waals surface area (Å²) in [6.45, 7) is 3.31. The van der Waals surface area contributed by atoms with Gasteiger partial charge in [0.2, 0.25) is 0 Å². The number of hydrogen-bond donors (Lipinski definition) is 0. The minimum Gasteiger partial charge on any atom is -0.338 e. The van der Waals surface area contributed by atoms with Gasteiger partial charge in [-0.05, 0) is 49.4 Å². The van der Waals surface area contributed by atoms with Gasteiger partial charge >= 0.3 is 0 Å². The van der Waals surface area contributed by atoms with Gasteiger partial charge in [0.15, 0.2) is 0 Å². The highest BCUT2D eigenvalue weighted by atomic mass is 32.1. The first-order valence-electron chi connectivity index (χ1n) is 8.60. The van der Waals surface area contributed by atoms with Crippen molar-refractivity contribution in [1.82, 2.24) is 14.7 Å². The van der Waals surface area contributed by atoms with Crippen molar-refractivity contribution < 1.29 is 4.79 Å². The highest BCUT2D eigenvalue weighted by Gasteiger charge is 2.26. The van der Waals surface area contributed by atoms with Gasteiger partial charge in [-0.1, -0.05) is 0 Å². The van der Waals surface area contributed by atoms with Crippen molar-refractivity contribution in [2.75, 3.05) is 13.1 Å². The molecule has 1 amide bonds. The average Bonchev–Trinajstić information content (AvgIpc) is 3.34. The molecule has 1 fully saturated rings. The molecular weight excluding hydrogens is 366 g/mol. The fourth-order valence-corrected chi connectivity index (χ4v) is 4.75. The largest absolute Gasteiger partial charge is 0.338 e. The van der Waals surface area contributed by atoms with E-state index in [1.807, 2.05) is 40.8 Å². The maximum Gasteiger partial charge on any atom is 0.267 e. The molecule has 3 aromatic rings. The number of piperidine rings is 1.